The van der Waals surface area contributed by atoms with E-state index < -0.39 is 0 Å². The van der Waals surface area contributed by atoms with E-state index in [0.717, 1.165) is 11.3 Å². The highest BCUT2D eigenvalue weighted by atomic mass is 32.2. The van der Waals surface area contributed by atoms with Crippen LogP contribution in [0.3, 0.4) is 0 Å². The van der Waals surface area contributed by atoms with Crippen molar-refractivity contribution in [3.63, 3.8) is 0 Å². The number of hydrogen-bond acceptors (Lipinski definition) is 2. The maximum atomic E-state index is 8.57. The van der Waals surface area contributed by atoms with Gasteiger partial charge in [-0.25, -0.2) is 0 Å². The van der Waals surface area contributed by atoms with Crippen LogP contribution in [-0.2, 0) is 0 Å². The van der Waals surface area contributed by atoms with E-state index in [1.807, 2.05) is 24.3 Å². The van der Waals surface area contributed by atoms with Gasteiger partial charge in [0.25, 0.3) is 0 Å². The number of benzene rings is 1. The maximum absolute atomic E-state index is 8.57. The molecule has 0 amide bonds. The second-order valence-electron chi connectivity index (χ2n) is 2.49. The molecule has 0 aliphatic rings. The van der Waals surface area contributed by atoms with Crippen LogP contribution in [0.4, 0.5) is 0 Å². The monoisotopic (exact) mass is 189 g/mol. The van der Waals surface area contributed by atoms with E-state index >= 15 is 0 Å². The topological polar surface area (TPSA) is 23.8 Å². The Bertz CT molecular complexity index is 319. The van der Waals surface area contributed by atoms with Crippen molar-refractivity contribution in [2.24, 2.45) is 0 Å². The average Bonchev–Trinajstić information content (AvgIpc) is 2.19. The Kier molecular flexibility index (Phi) is 4.14. The summed E-state index contributed by atoms with van der Waals surface area (Å²) in [5.41, 5.74) is 1.85. The standard InChI is InChI=1S/C11H11NS/c1-2-13-8-7-10-3-5-11(9-12)6-4-10/h3-8H,2H2,1H3. The molecule has 0 aliphatic heterocycles. The molecule has 1 aromatic rings. The molecule has 0 spiro atoms. The zero-order chi connectivity index (χ0) is 9.52. The van der Waals surface area contributed by atoms with Crippen molar-refractivity contribution in [1.29, 1.82) is 5.26 Å². The van der Waals surface area contributed by atoms with Crippen LogP contribution in [0.15, 0.2) is 29.7 Å². The first-order valence-electron chi connectivity index (χ1n) is 4.15. The predicted molar refractivity (Wildman–Crippen MR) is 58.3 cm³/mol. The summed E-state index contributed by atoms with van der Waals surface area (Å²) in [7, 11) is 0. The van der Waals surface area contributed by atoms with Crippen LogP contribution in [0, 0.1) is 11.3 Å². The number of rotatable bonds is 3. The van der Waals surface area contributed by atoms with Gasteiger partial charge in [-0.05, 0) is 34.9 Å². The molecule has 0 fully saturated rings. The molecule has 2 heteroatoms. The third-order valence-corrected chi connectivity index (χ3v) is 2.23. The minimum Gasteiger partial charge on any atom is -0.192 e. The van der Waals surface area contributed by atoms with Crippen molar-refractivity contribution in [3.05, 3.63) is 40.8 Å². The van der Waals surface area contributed by atoms with Gasteiger partial charge in [-0.2, -0.15) is 5.26 Å². The minimum absolute atomic E-state index is 0.709. The average molecular weight is 189 g/mol. The van der Waals surface area contributed by atoms with Crippen molar-refractivity contribution in [2.75, 3.05) is 5.75 Å². The molecule has 0 saturated heterocycles. The third kappa shape index (κ3) is 3.35. The normalized spacial score (nSPS) is 10.2. The maximum Gasteiger partial charge on any atom is 0.0991 e. The summed E-state index contributed by atoms with van der Waals surface area (Å²) in [5, 5.41) is 10.6. The summed E-state index contributed by atoms with van der Waals surface area (Å²) in [5.74, 6) is 1.09. The smallest absolute Gasteiger partial charge is 0.0991 e. The SMILES string of the molecule is CCSC=Cc1ccc(C#N)cc1. The number of nitrogens with zero attached hydrogens (tertiary/aromatic N) is 1. The van der Waals surface area contributed by atoms with Crippen LogP contribution in [0.5, 0.6) is 0 Å². The molecule has 1 aromatic carbocycles. The lowest BCUT2D eigenvalue weighted by molar-refractivity contribution is 1.48. The highest BCUT2D eigenvalue weighted by Crippen LogP contribution is 2.09. The van der Waals surface area contributed by atoms with E-state index in [9.17, 15) is 0 Å². The molecule has 1 nitrogen and oxygen atoms in total. The third-order valence-electron chi connectivity index (χ3n) is 1.56. The number of hydrogen-bond donors (Lipinski definition) is 0. The summed E-state index contributed by atoms with van der Waals surface area (Å²) in [4.78, 5) is 0. The molecule has 66 valence electrons. The van der Waals surface area contributed by atoms with Gasteiger partial charge in [-0.15, -0.1) is 11.8 Å². The van der Waals surface area contributed by atoms with Crippen molar-refractivity contribution in [2.45, 2.75) is 6.92 Å². The Labute approximate surface area is 83.1 Å². The Morgan fingerprint density at radius 3 is 2.62 bits per heavy atom. The van der Waals surface area contributed by atoms with Crippen LogP contribution in [0.1, 0.15) is 18.1 Å². The Morgan fingerprint density at radius 1 is 1.38 bits per heavy atom. The van der Waals surface area contributed by atoms with Gasteiger partial charge in [0, 0.05) is 0 Å². The van der Waals surface area contributed by atoms with E-state index in [4.69, 9.17) is 5.26 Å². The van der Waals surface area contributed by atoms with Crippen molar-refractivity contribution >= 4 is 17.8 Å². The highest BCUT2D eigenvalue weighted by Gasteiger charge is 1.88. The first kappa shape index (κ1) is 9.88. The Hall–Kier alpha value is -1.20. The zero-order valence-corrected chi connectivity index (χ0v) is 8.34. The first-order valence-corrected chi connectivity index (χ1v) is 5.20. The highest BCUT2D eigenvalue weighted by molar-refractivity contribution is 8.02. The fraction of sp³-hybridized carbons (Fsp3) is 0.182. The molecule has 0 saturated carbocycles. The summed E-state index contributed by atoms with van der Waals surface area (Å²) < 4.78 is 0. The lowest BCUT2D eigenvalue weighted by Gasteiger charge is -1.92. The second kappa shape index (κ2) is 5.45. The van der Waals surface area contributed by atoms with Crippen molar-refractivity contribution in [1.82, 2.24) is 0 Å². The van der Waals surface area contributed by atoms with Crippen LogP contribution in [0.2, 0.25) is 0 Å². The number of thioether (sulfide) groups is 1. The molecule has 0 heterocycles. The van der Waals surface area contributed by atoms with Crippen LogP contribution < -0.4 is 0 Å². The molecule has 0 unspecified atom stereocenters. The Morgan fingerprint density at radius 2 is 2.08 bits per heavy atom. The minimum atomic E-state index is 0.709. The predicted octanol–water partition coefficient (Wildman–Crippen LogP) is 3.28. The van der Waals surface area contributed by atoms with Crippen molar-refractivity contribution < 1.29 is 0 Å². The van der Waals surface area contributed by atoms with Gasteiger partial charge in [0.05, 0.1) is 11.6 Å². The van der Waals surface area contributed by atoms with Crippen molar-refractivity contribution in [3.8, 4) is 6.07 Å². The molecule has 0 bridgehead atoms. The lowest BCUT2D eigenvalue weighted by Crippen LogP contribution is -1.74. The summed E-state index contributed by atoms with van der Waals surface area (Å²) >= 11 is 1.77. The molecule has 13 heavy (non-hydrogen) atoms. The fourth-order valence-corrected chi connectivity index (χ4v) is 1.34. The molecular formula is C11H11NS. The first-order chi connectivity index (χ1) is 6.36. The van der Waals surface area contributed by atoms with Gasteiger partial charge in [-0.3, -0.25) is 0 Å². The summed E-state index contributed by atoms with van der Waals surface area (Å²) in [6.45, 7) is 2.12. The Balaban J connectivity index is 2.65. The molecule has 0 radical (unpaired) electrons. The van der Waals surface area contributed by atoms with Gasteiger partial charge in [0.15, 0.2) is 0 Å². The van der Waals surface area contributed by atoms with Crippen LogP contribution >= 0.6 is 11.8 Å². The molecule has 0 N–H and O–H groups in total. The van der Waals surface area contributed by atoms with E-state index in [0.29, 0.717) is 5.56 Å². The summed E-state index contributed by atoms with van der Waals surface area (Å²) in [6.07, 6.45) is 2.05. The molecule has 0 aliphatic carbocycles. The number of nitriles is 1. The molecule has 1 rings (SSSR count). The summed E-state index contributed by atoms with van der Waals surface area (Å²) in [6, 6.07) is 9.65. The van der Waals surface area contributed by atoms with Gasteiger partial charge < -0.3 is 0 Å². The van der Waals surface area contributed by atoms with Gasteiger partial charge >= 0.3 is 0 Å². The van der Waals surface area contributed by atoms with E-state index in [1.165, 1.54) is 0 Å². The molecule has 0 aromatic heterocycles. The van der Waals surface area contributed by atoms with Gasteiger partial charge in [0.1, 0.15) is 0 Å². The largest absolute Gasteiger partial charge is 0.192 e. The quantitative estimate of drug-likeness (QED) is 0.728. The van der Waals surface area contributed by atoms with Gasteiger partial charge in [0.2, 0.25) is 0 Å². The van der Waals surface area contributed by atoms with E-state index in [1.54, 1.807) is 11.8 Å². The van der Waals surface area contributed by atoms with Crippen LogP contribution in [-0.4, -0.2) is 5.75 Å². The zero-order valence-electron chi connectivity index (χ0n) is 7.53. The van der Waals surface area contributed by atoms with Crippen LogP contribution in [0.25, 0.3) is 6.08 Å². The lowest BCUT2D eigenvalue weighted by atomic mass is 10.1. The fourth-order valence-electron chi connectivity index (χ4n) is 0.892. The molecule has 0 atom stereocenters. The van der Waals surface area contributed by atoms with Gasteiger partial charge in [-0.1, -0.05) is 19.1 Å². The van der Waals surface area contributed by atoms with E-state index in [2.05, 4.69) is 24.5 Å². The van der Waals surface area contributed by atoms with E-state index in [-0.39, 0.29) is 0 Å². The second-order valence-corrected chi connectivity index (χ2v) is 3.67. The molecular weight excluding hydrogens is 178 g/mol.